The number of rotatable bonds is 6. The molecule has 42 heavy (non-hydrogen) atoms. The van der Waals surface area contributed by atoms with Crippen molar-refractivity contribution in [2.24, 2.45) is 10.9 Å². The normalized spacial score (nSPS) is 21.0. The SMILES string of the molecule is COc1ccc(/C=c2/sc3n(c2=O)[C@H]2c4ccccc4O[C@](C)(N=3)[C@@H]2C(C)=O)cc1COc1cccc(C(F)(F)F)c1. The third kappa shape index (κ3) is 4.77. The molecule has 216 valence electrons. The number of alkyl halides is 3. The van der Waals surface area contributed by atoms with Crippen LogP contribution in [0, 0.1) is 5.92 Å². The van der Waals surface area contributed by atoms with E-state index in [9.17, 15) is 22.8 Å². The first-order chi connectivity index (χ1) is 20.0. The molecule has 0 saturated heterocycles. The molecule has 2 aliphatic heterocycles. The Morgan fingerprint density at radius 3 is 2.67 bits per heavy atom. The van der Waals surface area contributed by atoms with Crippen molar-refractivity contribution in [2.75, 3.05) is 7.11 Å². The maximum absolute atomic E-state index is 13.8. The Kier molecular flexibility index (Phi) is 6.72. The number of carbonyl (C=O) groups excluding carboxylic acids is 1. The van der Waals surface area contributed by atoms with E-state index in [1.54, 1.807) is 35.8 Å². The summed E-state index contributed by atoms with van der Waals surface area (Å²) in [5.41, 5.74) is -0.267. The second-order valence-electron chi connectivity index (χ2n) is 10.3. The molecule has 0 aliphatic carbocycles. The van der Waals surface area contributed by atoms with Crippen molar-refractivity contribution < 1.29 is 32.2 Å². The van der Waals surface area contributed by atoms with Crippen molar-refractivity contribution in [3.05, 3.63) is 109 Å². The molecule has 3 heterocycles. The number of fused-ring (bicyclic) bond motifs is 6. The van der Waals surface area contributed by atoms with Crippen LogP contribution in [-0.2, 0) is 17.6 Å². The van der Waals surface area contributed by atoms with E-state index in [4.69, 9.17) is 19.2 Å². The van der Waals surface area contributed by atoms with Gasteiger partial charge in [0.25, 0.3) is 5.56 Å². The van der Waals surface area contributed by atoms with Crippen LogP contribution < -0.4 is 29.1 Å². The quantitative estimate of drug-likeness (QED) is 0.318. The van der Waals surface area contributed by atoms with Crippen molar-refractivity contribution in [1.82, 2.24) is 4.57 Å². The van der Waals surface area contributed by atoms with Crippen LogP contribution in [0.4, 0.5) is 13.2 Å². The van der Waals surface area contributed by atoms with Crippen molar-refractivity contribution in [3.8, 4) is 17.2 Å². The minimum absolute atomic E-state index is 0.0593. The smallest absolute Gasteiger partial charge is 0.416 e. The van der Waals surface area contributed by atoms with E-state index in [-0.39, 0.29) is 23.7 Å². The summed E-state index contributed by atoms with van der Waals surface area (Å²) < 4.78 is 58.7. The molecule has 2 bridgehead atoms. The summed E-state index contributed by atoms with van der Waals surface area (Å²) in [6.45, 7) is 3.19. The molecule has 3 atom stereocenters. The van der Waals surface area contributed by atoms with E-state index < -0.39 is 29.4 Å². The molecule has 4 aromatic rings. The van der Waals surface area contributed by atoms with Gasteiger partial charge < -0.3 is 14.2 Å². The number of ketones is 1. The Morgan fingerprint density at radius 2 is 1.93 bits per heavy atom. The number of aromatic nitrogens is 1. The molecule has 0 saturated carbocycles. The van der Waals surface area contributed by atoms with Gasteiger partial charge in [-0.25, -0.2) is 4.99 Å². The summed E-state index contributed by atoms with van der Waals surface area (Å²) in [6.07, 6.45) is -2.77. The van der Waals surface area contributed by atoms with Crippen molar-refractivity contribution in [2.45, 2.75) is 38.4 Å². The summed E-state index contributed by atoms with van der Waals surface area (Å²) in [7, 11) is 1.48. The molecule has 0 spiro atoms. The van der Waals surface area contributed by atoms with Gasteiger partial charge in [0, 0.05) is 11.1 Å². The first-order valence-electron chi connectivity index (χ1n) is 13.1. The molecule has 0 radical (unpaired) electrons. The predicted molar refractivity (Wildman–Crippen MR) is 149 cm³/mol. The summed E-state index contributed by atoms with van der Waals surface area (Å²) in [4.78, 5) is 31.9. The van der Waals surface area contributed by atoms with E-state index in [2.05, 4.69) is 0 Å². The molecular formula is C31H25F3N2O5S. The Hall–Kier alpha value is -4.38. The summed E-state index contributed by atoms with van der Waals surface area (Å²) in [5, 5.41) is 0. The number of carbonyl (C=O) groups is 1. The van der Waals surface area contributed by atoms with Crippen molar-refractivity contribution in [1.29, 1.82) is 0 Å². The fourth-order valence-corrected chi connectivity index (χ4v) is 6.73. The second kappa shape index (κ2) is 10.2. The summed E-state index contributed by atoms with van der Waals surface area (Å²) in [6, 6.07) is 16.7. The van der Waals surface area contributed by atoms with Crippen LogP contribution >= 0.6 is 11.3 Å². The van der Waals surface area contributed by atoms with Crippen LogP contribution in [0.1, 0.15) is 42.1 Å². The number of para-hydroxylation sites is 1. The highest BCUT2D eigenvalue weighted by atomic mass is 32.1. The molecule has 0 unspecified atom stereocenters. The molecule has 0 amide bonds. The Morgan fingerprint density at radius 1 is 1.14 bits per heavy atom. The molecule has 7 nitrogen and oxygen atoms in total. The van der Waals surface area contributed by atoms with Crippen molar-refractivity contribution >= 4 is 23.2 Å². The lowest BCUT2D eigenvalue weighted by atomic mass is 9.79. The molecule has 2 aliphatic rings. The monoisotopic (exact) mass is 594 g/mol. The van der Waals surface area contributed by atoms with E-state index in [0.717, 1.165) is 17.7 Å². The van der Waals surface area contributed by atoms with Gasteiger partial charge in [0.1, 0.15) is 35.6 Å². The van der Waals surface area contributed by atoms with E-state index in [0.29, 0.717) is 32.0 Å². The largest absolute Gasteiger partial charge is 0.496 e. The molecule has 3 aromatic carbocycles. The van der Waals surface area contributed by atoms with E-state index >= 15 is 0 Å². The highest BCUT2D eigenvalue weighted by Crippen LogP contribution is 2.47. The van der Waals surface area contributed by atoms with Gasteiger partial charge in [-0.05, 0) is 61.9 Å². The van der Waals surface area contributed by atoms with Crippen LogP contribution in [0.5, 0.6) is 17.2 Å². The Balaban J connectivity index is 1.39. The van der Waals surface area contributed by atoms with Crippen LogP contribution in [0.2, 0.25) is 0 Å². The number of thiazole rings is 1. The van der Waals surface area contributed by atoms with Crippen molar-refractivity contribution in [3.63, 3.8) is 0 Å². The third-order valence-corrected chi connectivity index (χ3v) is 8.46. The number of benzene rings is 3. The number of methoxy groups -OCH3 is 1. The van der Waals surface area contributed by atoms with Gasteiger partial charge in [0.2, 0.25) is 5.72 Å². The maximum Gasteiger partial charge on any atom is 0.416 e. The maximum atomic E-state index is 13.8. The zero-order valence-electron chi connectivity index (χ0n) is 22.8. The molecule has 11 heteroatoms. The molecule has 0 N–H and O–H groups in total. The van der Waals surface area contributed by atoms with Crippen LogP contribution in [0.15, 0.2) is 76.5 Å². The van der Waals surface area contributed by atoms with Gasteiger partial charge in [-0.2, -0.15) is 13.2 Å². The zero-order chi connectivity index (χ0) is 29.8. The topological polar surface area (TPSA) is 79.1 Å². The third-order valence-electron chi connectivity index (χ3n) is 7.48. The van der Waals surface area contributed by atoms with E-state index in [1.165, 1.54) is 37.5 Å². The number of halogens is 3. The van der Waals surface area contributed by atoms with Gasteiger partial charge in [-0.3, -0.25) is 14.2 Å². The molecule has 6 rings (SSSR count). The second-order valence-corrected chi connectivity index (χ2v) is 11.3. The number of ether oxygens (including phenoxy) is 3. The van der Waals surface area contributed by atoms with Gasteiger partial charge in [0.05, 0.1) is 23.2 Å². The average Bonchev–Trinajstić information content (AvgIpc) is 3.24. The van der Waals surface area contributed by atoms with Gasteiger partial charge in [0.15, 0.2) is 4.80 Å². The number of Topliss-reactive ketones (excluding diaryl/α,β-unsaturated/α-hetero) is 1. The fraction of sp³-hybridized carbons (Fsp3) is 0.258. The highest BCUT2D eigenvalue weighted by molar-refractivity contribution is 7.07. The van der Waals surface area contributed by atoms with Crippen LogP contribution in [0.25, 0.3) is 6.08 Å². The van der Waals surface area contributed by atoms with Gasteiger partial charge in [-0.15, -0.1) is 0 Å². The summed E-state index contributed by atoms with van der Waals surface area (Å²) in [5.74, 6) is 0.322. The predicted octanol–water partition coefficient (Wildman–Crippen LogP) is 4.88. The standard InChI is InChI=1S/C31H25F3N2O5S/c1-17(37)26-27-22-9-4-5-10-24(22)41-30(26,2)35-29-36(27)28(38)25(42-29)14-18-11-12-23(39-3)19(13-18)16-40-21-8-6-7-20(15-21)31(32,33)34/h4-15,26-27H,16H2,1-3H3/b25-14+/t26-,27+,30+/m1/s1. The van der Waals surface area contributed by atoms with Gasteiger partial charge >= 0.3 is 6.18 Å². The number of hydrogen-bond acceptors (Lipinski definition) is 7. The Bertz CT molecular complexity index is 1900. The number of hydrogen-bond donors (Lipinski definition) is 0. The molecule has 1 aromatic heterocycles. The minimum Gasteiger partial charge on any atom is -0.496 e. The van der Waals surface area contributed by atoms with E-state index in [1.807, 2.05) is 24.3 Å². The highest BCUT2D eigenvalue weighted by Gasteiger charge is 2.53. The lowest BCUT2D eigenvalue weighted by Crippen LogP contribution is -2.58. The first-order valence-corrected chi connectivity index (χ1v) is 13.9. The molecule has 0 fully saturated rings. The minimum atomic E-state index is -4.49. The fourth-order valence-electron chi connectivity index (χ4n) is 5.63. The lowest BCUT2D eigenvalue weighted by Gasteiger charge is -2.45. The molecular weight excluding hydrogens is 569 g/mol. The first kappa shape index (κ1) is 27.8. The Labute approximate surface area is 242 Å². The summed E-state index contributed by atoms with van der Waals surface area (Å²) >= 11 is 1.20. The zero-order valence-corrected chi connectivity index (χ0v) is 23.6. The van der Waals surface area contributed by atoms with Crippen LogP contribution in [0.3, 0.4) is 0 Å². The average molecular weight is 595 g/mol. The lowest BCUT2D eigenvalue weighted by molar-refractivity contribution is -0.137. The number of nitrogens with zero attached hydrogens (tertiary/aromatic N) is 2. The van der Waals surface area contributed by atoms with Crippen LogP contribution in [-0.4, -0.2) is 23.2 Å². The van der Waals surface area contributed by atoms with Gasteiger partial charge in [-0.1, -0.05) is 41.7 Å².